The van der Waals surface area contributed by atoms with Gasteiger partial charge in [-0.2, -0.15) is 4.89 Å². The van der Waals surface area contributed by atoms with Crippen LogP contribution < -0.4 is 4.74 Å². The van der Waals surface area contributed by atoms with E-state index in [4.69, 9.17) is 40.3 Å². The number of hydrogen-bond acceptors (Lipinski definition) is 12. The number of carbonyl (C=O) groups is 2. The highest BCUT2D eigenvalue weighted by Gasteiger charge is 2.77. The third kappa shape index (κ3) is 6.18. The molecule has 6 fully saturated rings. The lowest BCUT2D eigenvalue weighted by Gasteiger charge is -2.68. The number of ketones is 1. The summed E-state index contributed by atoms with van der Waals surface area (Å²) in [4.78, 5) is 37.6. The van der Waals surface area contributed by atoms with Crippen molar-refractivity contribution in [3.05, 3.63) is 99.6 Å². The third-order valence-electron chi connectivity index (χ3n) is 12.0. The summed E-state index contributed by atoms with van der Waals surface area (Å²) in [6.07, 6.45) is -2.05. The van der Waals surface area contributed by atoms with E-state index in [1.165, 1.54) is 6.42 Å². The van der Waals surface area contributed by atoms with Crippen LogP contribution in [0.5, 0.6) is 5.75 Å². The summed E-state index contributed by atoms with van der Waals surface area (Å²) >= 11 is 7.19. The van der Waals surface area contributed by atoms with Crippen LogP contribution in [-0.2, 0) is 47.6 Å². The Morgan fingerprint density at radius 1 is 0.830 bits per heavy atom. The van der Waals surface area contributed by atoms with Gasteiger partial charge in [0.25, 0.3) is 11.6 Å². The minimum absolute atomic E-state index is 0.0163. The van der Waals surface area contributed by atoms with Crippen molar-refractivity contribution in [1.29, 1.82) is 0 Å². The molecule has 12 nitrogen and oxygen atoms in total. The predicted molar refractivity (Wildman–Crippen MR) is 186 cm³/mol. The Bertz CT molecular complexity index is 1800. The van der Waals surface area contributed by atoms with Gasteiger partial charge in [0.2, 0.25) is 6.29 Å². The molecule has 0 amide bonds. The second-order valence-electron chi connectivity index (χ2n) is 15.1. The van der Waals surface area contributed by atoms with Gasteiger partial charge in [-0.15, -0.1) is 0 Å². The molecule has 13 heteroatoms. The monoisotopic (exact) mass is 750 g/mol. The summed E-state index contributed by atoms with van der Waals surface area (Å²) in [7, 11) is 1.57. The Labute approximate surface area is 311 Å². The highest BCUT2D eigenvalue weighted by atomic mass is 35.5. The number of ether oxygens (including phenoxy) is 4. The van der Waals surface area contributed by atoms with Gasteiger partial charge in [-0.05, 0) is 91.0 Å². The van der Waals surface area contributed by atoms with E-state index in [-0.39, 0.29) is 34.8 Å². The zero-order valence-corrected chi connectivity index (χ0v) is 29.9. The van der Waals surface area contributed by atoms with Crippen molar-refractivity contribution in [3.8, 4) is 5.75 Å². The molecule has 3 aromatic carbocycles. The number of benzene rings is 3. The second-order valence-corrected chi connectivity index (χ2v) is 15.5. The number of hydrogen-bond donors (Lipinski definition) is 4. The highest BCUT2D eigenvalue weighted by molar-refractivity contribution is 6.40. The van der Waals surface area contributed by atoms with Crippen LogP contribution in [0.4, 0.5) is 0 Å². The van der Waals surface area contributed by atoms with E-state index in [0.717, 1.165) is 36.8 Å². The maximum Gasteiger partial charge on any atom is 0.380 e. The van der Waals surface area contributed by atoms with E-state index in [9.17, 15) is 30.0 Å². The lowest BCUT2D eigenvalue weighted by molar-refractivity contribution is -0.645. The van der Waals surface area contributed by atoms with Crippen LogP contribution in [0, 0.1) is 23.7 Å². The van der Waals surface area contributed by atoms with Crippen LogP contribution in [0.3, 0.4) is 0 Å². The van der Waals surface area contributed by atoms with Crippen molar-refractivity contribution in [2.24, 2.45) is 23.7 Å². The SMILES string of the molecule is COC1(c2cc(Cc3ccc(C(=O)C(=O)OCc4ccccc4)cc3)cc(O[C@@H]3OC(CO)[C@H](O)C(O)C3O)c2Cl)OOC12C1CC3CC(C1)CC2C3. The molecule has 4 unspecified atom stereocenters. The van der Waals surface area contributed by atoms with Crippen molar-refractivity contribution in [3.63, 3.8) is 0 Å². The number of rotatable bonds is 11. The maximum atomic E-state index is 12.9. The van der Waals surface area contributed by atoms with E-state index in [0.29, 0.717) is 29.4 Å². The Balaban J connectivity index is 1.10. The Morgan fingerprint density at radius 2 is 1.51 bits per heavy atom. The van der Waals surface area contributed by atoms with Crippen molar-refractivity contribution < 1.29 is 58.7 Å². The lowest BCUT2D eigenvalue weighted by atomic mass is 9.47. The molecule has 53 heavy (non-hydrogen) atoms. The minimum Gasteiger partial charge on any atom is -0.460 e. The second kappa shape index (κ2) is 14.3. The Hall–Kier alpha value is -3.43. The van der Waals surface area contributed by atoms with Crippen LogP contribution in [0.1, 0.15) is 64.7 Å². The molecule has 9 rings (SSSR count). The highest BCUT2D eigenvalue weighted by Crippen LogP contribution is 2.70. The number of methoxy groups -OCH3 is 1. The summed E-state index contributed by atoms with van der Waals surface area (Å²) in [5.74, 6) is -1.37. The fourth-order valence-electron chi connectivity index (χ4n) is 9.62. The fourth-order valence-corrected chi connectivity index (χ4v) is 9.90. The van der Waals surface area contributed by atoms with Crippen molar-refractivity contribution in [2.75, 3.05) is 13.7 Å². The van der Waals surface area contributed by atoms with E-state index in [1.807, 2.05) is 24.3 Å². The van der Waals surface area contributed by atoms with Crippen LogP contribution in [0.2, 0.25) is 5.02 Å². The molecule has 0 aromatic heterocycles. The Morgan fingerprint density at radius 3 is 2.11 bits per heavy atom. The zero-order valence-electron chi connectivity index (χ0n) is 29.1. The fraction of sp³-hybridized carbons (Fsp3) is 0.500. The Kier molecular flexibility index (Phi) is 9.88. The van der Waals surface area contributed by atoms with Gasteiger partial charge in [-0.1, -0.05) is 66.2 Å². The molecule has 282 valence electrons. The average molecular weight is 751 g/mol. The van der Waals surface area contributed by atoms with Gasteiger partial charge in [0.1, 0.15) is 36.8 Å². The molecule has 0 radical (unpaired) electrons. The quantitative estimate of drug-likeness (QED) is 0.0964. The van der Waals surface area contributed by atoms with Gasteiger partial charge in [-0.25, -0.2) is 9.68 Å². The third-order valence-corrected chi connectivity index (χ3v) is 12.4. The molecule has 6 atom stereocenters. The molecule has 2 heterocycles. The lowest BCUT2D eigenvalue weighted by Crippen LogP contribution is -2.76. The van der Waals surface area contributed by atoms with Gasteiger partial charge in [-0.3, -0.25) is 4.79 Å². The molecule has 4 bridgehead atoms. The van der Waals surface area contributed by atoms with E-state index in [2.05, 4.69) is 0 Å². The molecule has 4 N–H and O–H groups in total. The largest absolute Gasteiger partial charge is 0.460 e. The number of halogens is 1. The van der Waals surface area contributed by atoms with Crippen LogP contribution in [0.15, 0.2) is 66.7 Å². The molecular formula is C40H43ClO12. The summed E-state index contributed by atoms with van der Waals surface area (Å²) in [5.41, 5.74) is 2.10. The molecule has 6 aliphatic rings. The molecule has 4 saturated carbocycles. The van der Waals surface area contributed by atoms with Crippen LogP contribution >= 0.6 is 11.6 Å². The van der Waals surface area contributed by atoms with Crippen LogP contribution in [0.25, 0.3) is 0 Å². The molecule has 2 saturated heterocycles. The topological polar surface area (TPSA) is 170 Å². The van der Waals surface area contributed by atoms with E-state index in [1.54, 1.807) is 49.6 Å². The number of Topliss-reactive ketones (excluding diaryl/α,β-unsaturated/α-hetero) is 1. The van der Waals surface area contributed by atoms with Gasteiger partial charge in [0, 0.05) is 18.2 Å². The molecule has 3 aromatic rings. The minimum atomic E-state index is -1.67. The average Bonchev–Trinajstić information content (AvgIpc) is 3.15. The molecular weight excluding hydrogens is 708 g/mol. The maximum absolute atomic E-state index is 12.9. The zero-order chi connectivity index (χ0) is 37.1. The number of carbonyl (C=O) groups excluding carboxylic acids is 2. The normalized spacial score (nSPS) is 35.5. The molecule has 4 aliphatic carbocycles. The first-order valence-corrected chi connectivity index (χ1v) is 18.5. The van der Waals surface area contributed by atoms with E-state index < -0.39 is 60.5 Å². The first-order valence-electron chi connectivity index (χ1n) is 18.1. The van der Waals surface area contributed by atoms with Crippen molar-refractivity contribution in [1.82, 2.24) is 0 Å². The van der Waals surface area contributed by atoms with Gasteiger partial charge in [0.05, 0.1) is 11.6 Å². The molecule has 1 spiro atoms. The smallest absolute Gasteiger partial charge is 0.380 e. The number of aliphatic hydroxyl groups excluding tert-OH is 4. The number of esters is 1. The van der Waals surface area contributed by atoms with Crippen LogP contribution in [-0.4, -0.2) is 82.2 Å². The van der Waals surface area contributed by atoms with E-state index >= 15 is 0 Å². The van der Waals surface area contributed by atoms with Gasteiger partial charge >= 0.3 is 5.97 Å². The summed E-state index contributed by atoms with van der Waals surface area (Å²) < 4.78 is 23.4. The summed E-state index contributed by atoms with van der Waals surface area (Å²) in [5, 5.41) is 41.6. The van der Waals surface area contributed by atoms with Gasteiger partial charge in [0.15, 0.2) is 5.60 Å². The summed E-state index contributed by atoms with van der Waals surface area (Å²) in [6.45, 7) is -0.643. The summed E-state index contributed by atoms with van der Waals surface area (Å²) in [6, 6.07) is 19.2. The number of aliphatic hydroxyl groups is 4. The predicted octanol–water partition coefficient (Wildman–Crippen LogP) is 3.99. The van der Waals surface area contributed by atoms with Crippen molar-refractivity contribution >= 4 is 23.4 Å². The first-order chi connectivity index (χ1) is 25.6. The standard InChI is InChI=1S/C40H43ClO12/c1-48-40(39(52-53-40)27-13-23-12-24(15-27)16-28(39)14-23)29-17-25(18-30(32(29)41)50-38-36(46)35(45)34(44)31(19-42)51-38)11-21-7-9-26(10-8-21)33(43)37(47)49-20-22-5-3-2-4-6-22/h2-10,17-18,23-24,27-28,31,34-36,38,42,44-46H,11-16,19-20H2,1H3/t23?,24?,27?,28?,31?,34-,35?,36?,38+,39?,40?/m0/s1. The van der Waals surface area contributed by atoms with Crippen molar-refractivity contribution in [2.45, 2.75) is 87.2 Å². The van der Waals surface area contributed by atoms with Gasteiger partial charge < -0.3 is 39.4 Å². The first kappa shape index (κ1) is 36.5. The molecule has 2 aliphatic heterocycles.